The van der Waals surface area contributed by atoms with Crippen molar-refractivity contribution in [2.24, 2.45) is 5.11 Å². The van der Waals surface area contributed by atoms with Gasteiger partial charge >= 0.3 is 5.97 Å². The van der Waals surface area contributed by atoms with Crippen molar-refractivity contribution in [3.05, 3.63) is 40.8 Å². The number of azide groups is 1. The molecule has 1 aromatic rings. The number of esters is 1. The van der Waals surface area contributed by atoms with E-state index >= 15 is 0 Å². The molecule has 0 spiro atoms. The van der Waals surface area contributed by atoms with E-state index in [4.69, 9.17) is 15.0 Å². The van der Waals surface area contributed by atoms with E-state index in [-0.39, 0.29) is 11.5 Å². The van der Waals surface area contributed by atoms with E-state index in [9.17, 15) is 4.79 Å². The summed E-state index contributed by atoms with van der Waals surface area (Å²) in [6, 6.07) is 9.46. The molecule has 0 radical (unpaired) electrons. The maximum absolute atomic E-state index is 11.2. The summed E-state index contributed by atoms with van der Waals surface area (Å²) in [5, 5.41) is 3.77. The van der Waals surface area contributed by atoms with Gasteiger partial charge in [-0.1, -0.05) is 35.1 Å². The van der Waals surface area contributed by atoms with Crippen molar-refractivity contribution in [2.45, 2.75) is 48.8 Å². The molecule has 4 atom stereocenters. The van der Waals surface area contributed by atoms with Crippen LogP contribution in [-0.4, -0.2) is 29.7 Å². The quantitative estimate of drug-likeness (QED) is 0.368. The van der Waals surface area contributed by atoms with Crippen molar-refractivity contribution in [1.82, 2.24) is 0 Å². The zero-order valence-corrected chi connectivity index (χ0v) is 12.7. The van der Waals surface area contributed by atoms with Crippen LogP contribution >= 0.6 is 11.8 Å². The van der Waals surface area contributed by atoms with E-state index in [1.54, 1.807) is 11.8 Å². The summed E-state index contributed by atoms with van der Waals surface area (Å²) in [6.45, 7) is 3.16. The standard InChI is InChI=1S/C14H17N3O3S/c1-9-14(20-10(2)18)12(16-17-15)8-13(19-9)21-11-6-4-3-5-7-11/h3-7,9,12-14H,8H2,1-2H3. The zero-order chi connectivity index (χ0) is 15.2. The first-order valence-electron chi connectivity index (χ1n) is 6.68. The number of carbonyl (C=O) groups excluding carboxylic acids is 1. The molecule has 21 heavy (non-hydrogen) atoms. The monoisotopic (exact) mass is 307 g/mol. The van der Waals surface area contributed by atoms with Crippen molar-refractivity contribution in [3.63, 3.8) is 0 Å². The zero-order valence-electron chi connectivity index (χ0n) is 11.9. The fraction of sp³-hybridized carbons (Fsp3) is 0.500. The van der Waals surface area contributed by atoms with Crippen molar-refractivity contribution in [2.75, 3.05) is 0 Å². The van der Waals surface area contributed by atoms with Crippen LogP contribution in [0.1, 0.15) is 20.3 Å². The Kier molecular flexibility index (Phi) is 5.50. The molecular formula is C14H17N3O3S. The van der Waals surface area contributed by atoms with Crippen LogP contribution in [0.15, 0.2) is 40.3 Å². The molecule has 1 aliphatic heterocycles. The van der Waals surface area contributed by atoms with E-state index in [1.165, 1.54) is 6.92 Å². The molecule has 6 nitrogen and oxygen atoms in total. The van der Waals surface area contributed by atoms with Crippen molar-refractivity contribution in [1.29, 1.82) is 0 Å². The van der Waals surface area contributed by atoms with Crippen molar-refractivity contribution in [3.8, 4) is 0 Å². The number of nitrogens with zero attached hydrogens (tertiary/aromatic N) is 3. The summed E-state index contributed by atoms with van der Waals surface area (Å²) < 4.78 is 11.1. The highest BCUT2D eigenvalue weighted by molar-refractivity contribution is 7.99. The predicted molar refractivity (Wildman–Crippen MR) is 79.7 cm³/mol. The first-order valence-corrected chi connectivity index (χ1v) is 7.56. The Morgan fingerprint density at radius 2 is 2.19 bits per heavy atom. The number of hydrogen-bond donors (Lipinski definition) is 0. The normalized spacial score (nSPS) is 28.5. The molecule has 112 valence electrons. The second-order valence-corrected chi connectivity index (χ2v) is 6.02. The minimum atomic E-state index is -0.536. The van der Waals surface area contributed by atoms with Gasteiger partial charge < -0.3 is 9.47 Å². The smallest absolute Gasteiger partial charge is 0.303 e. The van der Waals surface area contributed by atoms with Gasteiger partial charge in [-0.25, -0.2) is 0 Å². The number of thioether (sulfide) groups is 1. The Morgan fingerprint density at radius 1 is 1.48 bits per heavy atom. The van der Waals surface area contributed by atoms with Gasteiger partial charge in [0, 0.05) is 16.7 Å². The van der Waals surface area contributed by atoms with E-state index in [2.05, 4.69) is 10.0 Å². The van der Waals surface area contributed by atoms with Crippen molar-refractivity contribution >= 4 is 17.7 Å². The molecule has 1 heterocycles. The molecule has 7 heteroatoms. The van der Waals surface area contributed by atoms with E-state index in [1.807, 2.05) is 37.3 Å². The Morgan fingerprint density at radius 3 is 2.81 bits per heavy atom. The van der Waals surface area contributed by atoms with Crippen molar-refractivity contribution < 1.29 is 14.3 Å². The molecule has 0 N–H and O–H groups in total. The molecule has 1 saturated heterocycles. The molecule has 0 aliphatic carbocycles. The van der Waals surface area contributed by atoms with Gasteiger partial charge in [-0.05, 0) is 31.0 Å². The second-order valence-electron chi connectivity index (χ2n) is 4.78. The third kappa shape index (κ3) is 4.39. The third-order valence-corrected chi connectivity index (χ3v) is 4.27. The van der Waals surface area contributed by atoms with Crippen LogP contribution in [0.4, 0.5) is 0 Å². The lowest BCUT2D eigenvalue weighted by atomic mass is 10.0. The van der Waals surface area contributed by atoms with Crippen LogP contribution in [0.5, 0.6) is 0 Å². The number of hydrogen-bond acceptors (Lipinski definition) is 5. The van der Waals surface area contributed by atoms with Gasteiger partial charge in [0.2, 0.25) is 0 Å². The largest absolute Gasteiger partial charge is 0.459 e. The molecule has 1 aliphatic rings. The van der Waals surface area contributed by atoms with Gasteiger partial charge in [0.05, 0.1) is 12.1 Å². The minimum Gasteiger partial charge on any atom is -0.459 e. The van der Waals surface area contributed by atoms with Gasteiger partial charge in [0.15, 0.2) is 0 Å². The Bertz CT molecular complexity index is 534. The van der Waals surface area contributed by atoms with E-state index < -0.39 is 18.1 Å². The van der Waals surface area contributed by atoms with Gasteiger partial charge in [0.1, 0.15) is 11.5 Å². The maximum Gasteiger partial charge on any atom is 0.303 e. The number of benzene rings is 1. The van der Waals surface area contributed by atoms with Crippen LogP contribution in [-0.2, 0) is 14.3 Å². The van der Waals surface area contributed by atoms with Crippen LogP contribution in [0, 0.1) is 0 Å². The van der Waals surface area contributed by atoms with E-state index in [0.717, 1.165) is 4.90 Å². The molecule has 4 unspecified atom stereocenters. The lowest BCUT2D eigenvalue weighted by Crippen LogP contribution is -2.47. The molecule has 1 aromatic carbocycles. The summed E-state index contributed by atoms with van der Waals surface area (Å²) in [5.41, 5.74) is 8.57. The van der Waals surface area contributed by atoms with Crippen LogP contribution in [0.25, 0.3) is 10.4 Å². The lowest BCUT2D eigenvalue weighted by Gasteiger charge is -2.37. The van der Waals surface area contributed by atoms with E-state index in [0.29, 0.717) is 6.42 Å². The first-order chi connectivity index (χ1) is 10.1. The molecule has 0 aromatic heterocycles. The number of ether oxygens (including phenoxy) is 2. The molecule has 0 bridgehead atoms. The predicted octanol–water partition coefficient (Wildman–Crippen LogP) is 3.52. The van der Waals surface area contributed by atoms with Gasteiger partial charge in [-0.2, -0.15) is 0 Å². The molecule has 0 amide bonds. The highest BCUT2D eigenvalue weighted by atomic mass is 32.2. The average Bonchev–Trinajstić information content (AvgIpc) is 2.44. The van der Waals surface area contributed by atoms with Crippen LogP contribution < -0.4 is 0 Å². The lowest BCUT2D eigenvalue weighted by molar-refractivity contribution is -0.163. The highest BCUT2D eigenvalue weighted by Crippen LogP contribution is 2.34. The van der Waals surface area contributed by atoms with Crippen LogP contribution in [0.2, 0.25) is 0 Å². The third-order valence-electron chi connectivity index (χ3n) is 3.15. The summed E-state index contributed by atoms with van der Waals surface area (Å²) in [6.07, 6.45) is -0.350. The van der Waals surface area contributed by atoms with Gasteiger partial charge in [-0.15, -0.1) is 0 Å². The Balaban J connectivity index is 2.08. The van der Waals surface area contributed by atoms with Gasteiger partial charge in [-0.3, -0.25) is 4.79 Å². The summed E-state index contributed by atoms with van der Waals surface area (Å²) in [7, 11) is 0. The first kappa shape index (κ1) is 15.7. The molecule has 1 fully saturated rings. The van der Waals surface area contributed by atoms with Crippen LogP contribution in [0.3, 0.4) is 0 Å². The average molecular weight is 307 g/mol. The molecule has 2 rings (SSSR count). The molecular weight excluding hydrogens is 290 g/mol. The fourth-order valence-electron chi connectivity index (χ4n) is 2.29. The maximum atomic E-state index is 11.2. The summed E-state index contributed by atoms with van der Waals surface area (Å²) in [5.74, 6) is -0.400. The van der Waals surface area contributed by atoms with Gasteiger partial charge in [0.25, 0.3) is 0 Å². The Labute approximate surface area is 127 Å². The number of carbonyl (C=O) groups is 1. The number of rotatable bonds is 4. The summed E-state index contributed by atoms with van der Waals surface area (Å²) >= 11 is 1.57. The highest BCUT2D eigenvalue weighted by Gasteiger charge is 2.38. The fourth-order valence-corrected chi connectivity index (χ4v) is 3.43. The topological polar surface area (TPSA) is 84.3 Å². The summed E-state index contributed by atoms with van der Waals surface area (Å²) in [4.78, 5) is 15.1. The molecule has 0 saturated carbocycles. The Hall–Kier alpha value is -1.69. The minimum absolute atomic E-state index is 0.135. The SMILES string of the molecule is CC(=O)OC1C(N=[N+]=[N-])CC(Sc2ccccc2)OC1C. The second kappa shape index (κ2) is 7.36.